The van der Waals surface area contributed by atoms with Crippen LogP contribution in [0.15, 0.2) is 42.7 Å². The van der Waals surface area contributed by atoms with Crippen LogP contribution in [0.1, 0.15) is 47.8 Å². The van der Waals surface area contributed by atoms with Crippen LogP contribution in [0.25, 0.3) is 16.9 Å². The Hall–Kier alpha value is -4.26. The zero-order chi connectivity index (χ0) is 28.0. The molecule has 208 valence electrons. The normalized spacial score (nSPS) is 15.4. The molecule has 0 unspecified atom stereocenters. The van der Waals surface area contributed by atoms with Crippen molar-refractivity contribution >= 4 is 11.7 Å². The molecular weight excluding hydrogens is 525 g/mol. The second-order valence-electron chi connectivity index (χ2n) is 9.89. The number of aromatic nitrogens is 6. The molecule has 10 nitrogen and oxygen atoms in total. The van der Waals surface area contributed by atoms with Crippen LogP contribution in [-0.4, -0.2) is 49.6 Å². The molecule has 1 saturated carbocycles. The lowest BCUT2D eigenvalue weighted by atomic mass is 10.1. The number of halogens is 3. The summed E-state index contributed by atoms with van der Waals surface area (Å²) in [7, 11) is 3.22. The van der Waals surface area contributed by atoms with Gasteiger partial charge in [0.15, 0.2) is 5.69 Å². The molecule has 1 N–H and O–H groups in total. The third kappa shape index (κ3) is 4.81. The first-order valence-corrected chi connectivity index (χ1v) is 12.9. The van der Waals surface area contributed by atoms with Gasteiger partial charge in [-0.1, -0.05) is 12.1 Å². The van der Waals surface area contributed by atoms with Gasteiger partial charge in [0.25, 0.3) is 0 Å². The molecule has 40 heavy (non-hydrogen) atoms. The summed E-state index contributed by atoms with van der Waals surface area (Å²) in [5.74, 6) is 1.41. The van der Waals surface area contributed by atoms with Crippen molar-refractivity contribution in [2.45, 2.75) is 51.0 Å². The molecule has 3 aromatic heterocycles. The van der Waals surface area contributed by atoms with Crippen molar-refractivity contribution in [3.63, 3.8) is 0 Å². The van der Waals surface area contributed by atoms with E-state index in [9.17, 15) is 18.0 Å². The number of ether oxygens (including phenoxy) is 1. The van der Waals surface area contributed by atoms with E-state index in [0.29, 0.717) is 47.7 Å². The van der Waals surface area contributed by atoms with E-state index >= 15 is 0 Å². The number of alkyl halides is 3. The second kappa shape index (κ2) is 10.0. The van der Waals surface area contributed by atoms with Gasteiger partial charge in [0, 0.05) is 24.9 Å². The Balaban J connectivity index is 1.29. The zero-order valence-corrected chi connectivity index (χ0v) is 21.9. The lowest BCUT2D eigenvalue weighted by molar-refractivity contribution is -0.141. The minimum Gasteiger partial charge on any atom is -0.480 e. The van der Waals surface area contributed by atoms with Crippen molar-refractivity contribution in [3.05, 3.63) is 65.4 Å². The predicted molar refractivity (Wildman–Crippen MR) is 139 cm³/mol. The molecular formula is C27H27F3N8O2. The Kier molecular flexibility index (Phi) is 6.53. The predicted octanol–water partition coefficient (Wildman–Crippen LogP) is 4.09. The van der Waals surface area contributed by atoms with Gasteiger partial charge in [0.2, 0.25) is 11.8 Å². The average molecular weight is 553 g/mol. The fraction of sp³-hybridized carbons (Fsp3) is 0.370. The highest BCUT2D eigenvalue weighted by atomic mass is 19.4. The molecule has 0 atom stereocenters. The highest BCUT2D eigenvalue weighted by molar-refractivity contribution is 5.94. The third-order valence-electron chi connectivity index (χ3n) is 7.08. The number of fused-ring (bicyclic) bond motifs is 1. The summed E-state index contributed by atoms with van der Waals surface area (Å²) in [5, 5.41) is 11.4. The number of benzene rings is 1. The van der Waals surface area contributed by atoms with E-state index in [2.05, 4.69) is 20.4 Å². The van der Waals surface area contributed by atoms with E-state index in [1.54, 1.807) is 48.0 Å². The van der Waals surface area contributed by atoms with Crippen LogP contribution in [0.2, 0.25) is 0 Å². The largest absolute Gasteiger partial charge is 0.480 e. The molecule has 0 spiro atoms. The molecule has 0 radical (unpaired) electrons. The van der Waals surface area contributed by atoms with Crippen LogP contribution < -0.4 is 15.0 Å². The van der Waals surface area contributed by atoms with E-state index in [1.807, 2.05) is 6.07 Å². The smallest absolute Gasteiger partial charge is 0.435 e. The van der Waals surface area contributed by atoms with Crippen molar-refractivity contribution in [1.29, 1.82) is 0 Å². The maximum absolute atomic E-state index is 13.3. The first-order valence-electron chi connectivity index (χ1n) is 12.9. The number of methoxy groups -OCH3 is 1. The molecule has 13 heteroatoms. The van der Waals surface area contributed by atoms with Gasteiger partial charge in [-0.2, -0.15) is 23.4 Å². The lowest BCUT2D eigenvalue weighted by Gasteiger charge is -2.27. The number of rotatable bonds is 8. The minimum atomic E-state index is -4.54. The second-order valence-corrected chi connectivity index (χ2v) is 9.89. The van der Waals surface area contributed by atoms with Crippen LogP contribution >= 0.6 is 0 Å². The third-order valence-corrected chi connectivity index (χ3v) is 7.08. The van der Waals surface area contributed by atoms with Crippen molar-refractivity contribution in [3.8, 4) is 22.8 Å². The molecule has 4 aromatic rings. The first-order chi connectivity index (χ1) is 19.3. The Morgan fingerprint density at radius 2 is 1.88 bits per heavy atom. The van der Waals surface area contributed by atoms with Gasteiger partial charge in [0.1, 0.15) is 17.8 Å². The zero-order valence-electron chi connectivity index (χ0n) is 21.9. The molecule has 1 aliphatic carbocycles. The molecule has 4 heterocycles. The molecule has 1 aliphatic heterocycles. The Morgan fingerprint density at radius 3 is 2.55 bits per heavy atom. The summed E-state index contributed by atoms with van der Waals surface area (Å²) < 4.78 is 48.5. The van der Waals surface area contributed by atoms with Crippen LogP contribution in [0, 0.1) is 0 Å². The van der Waals surface area contributed by atoms with Gasteiger partial charge in [-0.3, -0.25) is 9.69 Å². The van der Waals surface area contributed by atoms with Gasteiger partial charge in [-0.15, -0.1) is 0 Å². The maximum atomic E-state index is 13.3. The van der Waals surface area contributed by atoms with Gasteiger partial charge < -0.3 is 10.1 Å². The molecule has 1 fully saturated rings. The topological polar surface area (TPSA) is 103 Å². The number of nitrogens with zero attached hydrogens (tertiary/aromatic N) is 7. The van der Waals surface area contributed by atoms with Gasteiger partial charge in [-0.05, 0) is 43.7 Å². The van der Waals surface area contributed by atoms with Crippen LogP contribution in [-0.2, 0) is 30.6 Å². The van der Waals surface area contributed by atoms with Crippen molar-refractivity contribution in [2.75, 3.05) is 19.1 Å². The Labute approximate surface area is 227 Å². The van der Waals surface area contributed by atoms with E-state index in [4.69, 9.17) is 9.84 Å². The SMILES string of the molecule is CNCc1cc(C(F)(F)F)nn1-c1ccc(CN2C(=O)CCn3nc(-c4c(OC)ncnc4C4CC4)cc32)cc1. The molecule has 6 rings (SSSR count). The first kappa shape index (κ1) is 26.0. The van der Waals surface area contributed by atoms with Crippen LogP contribution in [0.5, 0.6) is 5.88 Å². The van der Waals surface area contributed by atoms with Crippen molar-refractivity contribution in [2.24, 2.45) is 0 Å². The highest BCUT2D eigenvalue weighted by Gasteiger charge is 2.35. The quantitative estimate of drug-likeness (QED) is 0.351. The van der Waals surface area contributed by atoms with Gasteiger partial charge in [-0.25, -0.2) is 19.3 Å². The monoisotopic (exact) mass is 552 g/mol. The molecule has 2 aliphatic rings. The molecule has 1 aromatic carbocycles. The summed E-state index contributed by atoms with van der Waals surface area (Å²) in [4.78, 5) is 23.5. The summed E-state index contributed by atoms with van der Waals surface area (Å²) in [6.45, 7) is 0.949. The number of hydrogen-bond acceptors (Lipinski definition) is 7. The minimum absolute atomic E-state index is 0.0417. The Bertz CT molecular complexity index is 1560. The van der Waals surface area contributed by atoms with E-state index < -0.39 is 11.9 Å². The van der Waals surface area contributed by atoms with Crippen molar-refractivity contribution in [1.82, 2.24) is 34.8 Å². The summed E-state index contributed by atoms with van der Waals surface area (Å²) in [6, 6.07) is 9.88. The number of nitrogens with one attached hydrogen (secondary N) is 1. The van der Waals surface area contributed by atoms with Crippen LogP contribution in [0.4, 0.5) is 19.0 Å². The molecule has 1 amide bonds. The summed E-state index contributed by atoms with van der Waals surface area (Å²) in [5.41, 5.74) is 3.05. The van der Waals surface area contributed by atoms with E-state index in [0.717, 1.165) is 35.7 Å². The summed E-state index contributed by atoms with van der Waals surface area (Å²) >= 11 is 0. The molecule has 0 bridgehead atoms. The standard InChI is InChI=1S/C27H27F3N8O2/c1-31-13-19-11-21(27(28,29)30)35-38(19)18-7-3-16(4-8-18)14-36-22-12-20(34-37(22)10-9-23(36)39)24-25(17-5-6-17)32-15-33-26(24)40-2/h3-4,7-8,11-12,15,17,31H,5-6,9-10,13-14H2,1-2H3. The molecule has 0 saturated heterocycles. The lowest BCUT2D eigenvalue weighted by Crippen LogP contribution is -2.36. The van der Waals surface area contributed by atoms with Gasteiger partial charge in [0.05, 0.1) is 42.8 Å². The maximum Gasteiger partial charge on any atom is 0.435 e. The number of anilines is 1. The summed E-state index contributed by atoms with van der Waals surface area (Å²) in [6.07, 6.45) is -0.646. The average Bonchev–Trinajstić information content (AvgIpc) is 3.55. The number of hydrogen-bond donors (Lipinski definition) is 1. The fourth-order valence-corrected chi connectivity index (χ4v) is 5.00. The number of amides is 1. The van der Waals surface area contributed by atoms with Crippen molar-refractivity contribution < 1.29 is 22.7 Å². The number of carbonyl (C=O) groups excluding carboxylic acids is 1. The van der Waals surface area contributed by atoms with Gasteiger partial charge >= 0.3 is 6.18 Å². The number of carbonyl (C=O) groups is 1. The number of aryl methyl sites for hydroxylation is 1. The van der Waals surface area contributed by atoms with E-state index in [1.165, 1.54) is 11.0 Å². The van der Waals surface area contributed by atoms with E-state index in [-0.39, 0.29) is 19.0 Å². The van der Waals surface area contributed by atoms with Crippen LogP contribution in [0.3, 0.4) is 0 Å². The fourth-order valence-electron chi connectivity index (χ4n) is 5.00. The highest BCUT2D eigenvalue weighted by Crippen LogP contribution is 2.46. The Morgan fingerprint density at radius 1 is 1.10 bits per heavy atom.